The molecule has 0 aliphatic carbocycles. The molecule has 0 saturated carbocycles. The smallest absolute Gasteiger partial charge is 0.274 e. The summed E-state index contributed by atoms with van der Waals surface area (Å²) in [6.07, 6.45) is 0. The Kier molecular flexibility index (Phi) is 4.34. The molecule has 2 rings (SSSR count). The summed E-state index contributed by atoms with van der Waals surface area (Å²) >= 11 is 0. The third-order valence-electron chi connectivity index (χ3n) is 2.99. The Bertz CT molecular complexity index is 739. The van der Waals surface area contributed by atoms with E-state index in [1.807, 2.05) is 0 Å². The molecule has 0 spiro atoms. The molecule has 0 amide bonds. The Hall–Kier alpha value is -1.86. The number of rotatable bonds is 5. The highest BCUT2D eigenvalue weighted by atomic mass is 32.2. The number of benzene rings is 1. The summed E-state index contributed by atoms with van der Waals surface area (Å²) in [6.45, 7) is 3.27. The van der Waals surface area contributed by atoms with Gasteiger partial charge < -0.3 is 9.15 Å². The van der Waals surface area contributed by atoms with Gasteiger partial charge in [0.2, 0.25) is 5.09 Å². The Labute approximate surface area is 122 Å². The van der Waals surface area contributed by atoms with Crippen LogP contribution in [0.2, 0.25) is 0 Å². The van der Waals surface area contributed by atoms with E-state index >= 15 is 0 Å². The molecule has 2 aromatic rings. The van der Waals surface area contributed by atoms with E-state index in [1.54, 1.807) is 26.0 Å². The SMILES string of the molecule is COc1ccc(C(C)NS(=O)(=O)c2ccc(C)o2)cc1F. The molecule has 1 aromatic heterocycles. The minimum atomic E-state index is -3.79. The number of methoxy groups -OCH3 is 1. The quantitative estimate of drug-likeness (QED) is 0.921. The molecule has 0 bridgehead atoms. The van der Waals surface area contributed by atoms with E-state index in [0.29, 0.717) is 11.3 Å². The number of aryl methyl sites for hydroxylation is 1. The van der Waals surface area contributed by atoms with Gasteiger partial charge in [-0.3, -0.25) is 0 Å². The predicted molar refractivity (Wildman–Crippen MR) is 75.1 cm³/mol. The summed E-state index contributed by atoms with van der Waals surface area (Å²) in [4.78, 5) is 0. The normalized spacial score (nSPS) is 13.1. The Morgan fingerprint density at radius 2 is 2.00 bits per heavy atom. The molecule has 1 aromatic carbocycles. The van der Waals surface area contributed by atoms with Gasteiger partial charge in [0.25, 0.3) is 10.0 Å². The molecule has 1 atom stereocenters. The van der Waals surface area contributed by atoms with E-state index in [4.69, 9.17) is 9.15 Å². The molecule has 0 radical (unpaired) electrons. The number of nitrogens with one attached hydrogen (secondary N) is 1. The van der Waals surface area contributed by atoms with Gasteiger partial charge in [-0.15, -0.1) is 0 Å². The second-order valence-corrected chi connectivity index (χ2v) is 6.25. The van der Waals surface area contributed by atoms with E-state index < -0.39 is 21.9 Å². The van der Waals surface area contributed by atoms with Crippen molar-refractivity contribution >= 4 is 10.0 Å². The van der Waals surface area contributed by atoms with Crippen molar-refractivity contribution in [1.82, 2.24) is 4.72 Å². The van der Waals surface area contributed by atoms with Crippen molar-refractivity contribution in [3.63, 3.8) is 0 Å². The van der Waals surface area contributed by atoms with Crippen molar-refractivity contribution < 1.29 is 22.0 Å². The maximum Gasteiger partial charge on any atom is 0.274 e. The molecule has 0 aliphatic heterocycles. The van der Waals surface area contributed by atoms with Gasteiger partial charge >= 0.3 is 0 Å². The van der Waals surface area contributed by atoms with Gasteiger partial charge in [-0.05, 0) is 43.7 Å². The summed E-state index contributed by atoms with van der Waals surface area (Å²) in [5, 5.41) is -0.166. The van der Waals surface area contributed by atoms with Crippen LogP contribution >= 0.6 is 0 Å². The van der Waals surface area contributed by atoms with Crippen molar-refractivity contribution in [2.75, 3.05) is 7.11 Å². The van der Waals surface area contributed by atoms with Crippen LogP contribution in [0.25, 0.3) is 0 Å². The maximum absolute atomic E-state index is 13.6. The first kappa shape index (κ1) is 15.5. The summed E-state index contributed by atoms with van der Waals surface area (Å²) in [5.74, 6) is 0.0591. The minimum Gasteiger partial charge on any atom is -0.494 e. The van der Waals surface area contributed by atoms with Gasteiger partial charge in [-0.2, -0.15) is 0 Å². The molecule has 1 unspecified atom stereocenters. The molecule has 0 saturated heterocycles. The Morgan fingerprint density at radius 1 is 1.29 bits per heavy atom. The monoisotopic (exact) mass is 313 g/mol. The average molecular weight is 313 g/mol. The average Bonchev–Trinajstić information content (AvgIpc) is 2.85. The zero-order chi connectivity index (χ0) is 15.6. The highest BCUT2D eigenvalue weighted by Gasteiger charge is 2.22. The summed E-state index contributed by atoms with van der Waals surface area (Å²) in [6, 6.07) is 6.61. The fourth-order valence-electron chi connectivity index (χ4n) is 1.87. The number of hydrogen-bond donors (Lipinski definition) is 1. The zero-order valence-electron chi connectivity index (χ0n) is 11.9. The Balaban J connectivity index is 2.21. The van der Waals surface area contributed by atoms with E-state index in [0.717, 1.165) is 0 Å². The molecule has 0 fully saturated rings. The highest BCUT2D eigenvalue weighted by Crippen LogP contribution is 2.23. The van der Waals surface area contributed by atoms with Crippen LogP contribution in [0.4, 0.5) is 4.39 Å². The number of halogens is 1. The van der Waals surface area contributed by atoms with Crippen LogP contribution in [0, 0.1) is 12.7 Å². The molecule has 1 N–H and O–H groups in total. The first-order valence-corrected chi connectivity index (χ1v) is 7.74. The third kappa shape index (κ3) is 3.43. The summed E-state index contributed by atoms with van der Waals surface area (Å²) in [5.41, 5.74) is 0.486. The standard InChI is InChI=1S/C14H16FNO4S/c1-9-4-7-14(20-9)21(17,18)16-10(2)11-5-6-13(19-3)12(15)8-11/h4-8,10,16H,1-3H3. The maximum atomic E-state index is 13.6. The number of furan rings is 1. The number of sulfonamides is 1. The van der Waals surface area contributed by atoms with Crippen molar-refractivity contribution in [2.45, 2.75) is 25.0 Å². The highest BCUT2D eigenvalue weighted by molar-refractivity contribution is 7.89. The number of ether oxygens (including phenoxy) is 1. The van der Waals surface area contributed by atoms with Gasteiger partial charge in [0.15, 0.2) is 11.6 Å². The van der Waals surface area contributed by atoms with E-state index in [1.165, 1.54) is 25.3 Å². The van der Waals surface area contributed by atoms with Crippen LogP contribution in [0.1, 0.15) is 24.3 Å². The van der Waals surface area contributed by atoms with Crippen LogP contribution in [-0.4, -0.2) is 15.5 Å². The Morgan fingerprint density at radius 3 is 2.52 bits per heavy atom. The number of hydrogen-bond acceptors (Lipinski definition) is 4. The van der Waals surface area contributed by atoms with Crippen molar-refractivity contribution in [3.8, 4) is 5.75 Å². The second kappa shape index (κ2) is 5.87. The van der Waals surface area contributed by atoms with Gasteiger partial charge in [-0.25, -0.2) is 17.5 Å². The third-order valence-corrected chi connectivity index (χ3v) is 4.40. The first-order chi connectivity index (χ1) is 9.83. The van der Waals surface area contributed by atoms with Crippen LogP contribution in [0.15, 0.2) is 39.8 Å². The molecular formula is C14H16FNO4S. The molecule has 5 nitrogen and oxygen atoms in total. The molecule has 1 heterocycles. The largest absolute Gasteiger partial charge is 0.494 e. The summed E-state index contributed by atoms with van der Waals surface area (Å²) < 4.78 is 50.2. The lowest BCUT2D eigenvalue weighted by molar-refractivity contribution is 0.385. The lowest BCUT2D eigenvalue weighted by Gasteiger charge is -2.14. The van der Waals surface area contributed by atoms with Crippen molar-refractivity contribution in [1.29, 1.82) is 0 Å². The molecule has 7 heteroatoms. The fraction of sp³-hybridized carbons (Fsp3) is 0.286. The first-order valence-electron chi connectivity index (χ1n) is 6.25. The van der Waals surface area contributed by atoms with Gasteiger partial charge in [0, 0.05) is 6.04 Å². The molecule has 114 valence electrons. The fourth-order valence-corrected chi connectivity index (χ4v) is 3.07. The summed E-state index contributed by atoms with van der Waals surface area (Å²) in [7, 11) is -2.42. The molecular weight excluding hydrogens is 297 g/mol. The van der Waals surface area contributed by atoms with E-state index in [-0.39, 0.29) is 10.8 Å². The van der Waals surface area contributed by atoms with Gasteiger partial charge in [0.05, 0.1) is 7.11 Å². The lowest BCUT2D eigenvalue weighted by Crippen LogP contribution is -2.26. The minimum absolute atomic E-state index is 0.107. The molecule has 21 heavy (non-hydrogen) atoms. The van der Waals surface area contributed by atoms with Crippen LogP contribution in [0.3, 0.4) is 0 Å². The lowest BCUT2D eigenvalue weighted by atomic mass is 10.1. The zero-order valence-corrected chi connectivity index (χ0v) is 12.7. The van der Waals surface area contributed by atoms with Crippen LogP contribution in [-0.2, 0) is 10.0 Å². The van der Waals surface area contributed by atoms with E-state index in [9.17, 15) is 12.8 Å². The van der Waals surface area contributed by atoms with Gasteiger partial charge in [-0.1, -0.05) is 6.07 Å². The van der Waals surface area contributed by atoms with Crippen molar-refractivity contribution in [2.24, 2.45) is 0 Å². The van der Waals surface area contributed by atoms with Crippen molar-refractivity contribution in [3.05, 3.63) is 47.5 Å². The predicted octanol–water partition coefficient (Wildman–Crippen LogP) is 2.78. The van der Waals surface area contributed by atoms with Crippen LogP contribution < -0.4 is 9.46 Å². The topological polar surface area (TPSA) is 68.5 Å². The van der Waals surface area contributed by atoms with Gasteiger partial charge in [0.1, 0.15) is 5.76 Å². The molecule has 0 aliphatic rings. The van der Waals surface area contributed by atoms with Crippen LogP contribution in [0.5, 0.6) is 5.75 Å². The second-order valence-electron chi connectivity index (χ2n) is 4.60. The van der Waals surface area contributed by atoms with E-state index in [2.05, 4.69) is 4.72 Å².